The van der Waals surface area contributed by atoms with Crippen LogP contribution in [0.3, 0.4) is 0 Å². The maximum Gasteiger partial charge on any atom is 0.225 e. The Kier molecular flexibility index (Phi) is 4.33. The molecule has 0 aliphatic carbocycles. The summed E-state index contributed by atoms with van der Waals surface area (Å²) < 4.78 is 0. The molecular weight excluding hydrogens is 204 g/mol. The van der Waals surface area contributed by atoms with E-state index >= 15 is 0 Å². The van der Waals surface area contributed by atoms with Crippen molar-refractivity contribution >= 4 is 11.6 Å². The van der Waals surface area contributed by atoms with E-state index in [4.69, 9.17) is 5.21 Å². The van der Waals surface area contributed by atoms with Crippen LogP contribution in [0, 0.1) is 17.8 Å². The highest BCUT2D eigenvalue weighted by Crippen LogP contribution is 2.19. The van der Waals surface area contributed by atoms with Crippen LogP contribution in [0.5, 0.6) is 0 Å². The van der Waals surface area contributed by atoms with Gasteiger partial charge in [0, 0.05) is 31.3 Å². The molecule has 1 heterocycles. The molecule has 92 valence electrons. The second-order valence-corrected chi connectivity index (χ2v) is 5.06. The van der Waals surface area contributed by atoms with Gasteiger partial charge in [0.15, 0.2) is 0 Å². The molecule has 1 aliphatic heterocycles. The van der Waals surface area contributed by atoms with Crippen LogP contribution < -0.4 is 0 Å². The fraction of sp³-hybridized carbons (Fsp3) is 0.833. The number of carbonyl (C=O) groups is 1. The van der Waals surface area contributed by atoms with Gasteiger partial charge in [-0.25, -0.2) is 0 Å². The first-order valence-corrected chi connectivity index (χ1v) is 5.97. The van der Waals surface area contributed by atoms with Crippen LogP contribution in [-0.2, 0) is 4.79 Å². The normalized spacial score (nSPS) is 26.2. The summed E-state index contributed by atoms with van der Waals surface area (Å²) in [5.74, 6) is 0.830. The lowest BCUT2D eigenvalue weighted by molar-refractivity contribution is -0.137. The van der Waals surface area contributed by atoms with Gasteiger partial charge in [-0.2, -0.15) is 0 Å². The van der Waals surface area contributed by atoms with E-state index in [1.165, 1.54) is 0 Å². The number of oxime groups is 1. The molecule has 1 rings (SSSR count). The molecule has 16 heavy (non-hydrogen) atoms. The molecule has 0 bridgehead atoms. The molecule has 4 heteroatoms. The van der Waals surface area contributed by atoms with Crippen molar-refractivity contribution in [2.45, 2.75) is 34.1 Å². The highest BCUT2D eigenvalue weighted by molar-refractivity contribution is 5.89. The summed E-state index contributed by atoms with van der Waals surface area (Å²) in [5.41, 5.74) is 0.807. The monoisotopic (exact) mass is 226 g/mol. The third-order valence-corrected chi connectivity index (χ3v) is 3.53. The lowest BCUT2D eigenvalue weighted by Gasteiger charge is -2.34. The number of amides is 1. The fourth-order valence-electron chi connectivity index (χ4n) is 1.95. The molecule has 0 aromatic carbocycles. The Hall–Kier alpha value is -1.06. The number of rotatable bonds is 2. The summed E-state index contributed by atoms with van der Waals surface area (Å²) in [6.45, 7) is 9.46. The molecular formula is C12H22N2O2. The van der Waals surface area contributed by atoms with Crippen molar-refractivity contribution in [2.24, 2.45) is 22.9 Å². The van der Waals surface area contributed by atoms with Crippen LogP contribution >= 0.6 is 0 Å². The standard InChI is InChI=1S/C12H22N2O2/c1-8(2)10(4)12(15)14-6-5-11(13-16)9(3)7-14/h8-10,16H,5-7H2,1-4H3. The largest absolute Gasteiger partial charge is 0.411 e. The van der Waals surface area contributed by atoms with Crippen molar-refractivity contribution in [1.82, 2.24) is 4.90 Å². The zero-order valence-electron chi connectivity index (χ0n) is 10.6. The summed E-state index contributed by atoms with van der Waals surface area (Å²) >= 11 is 0. The van der Waals surface area contributed by atoms with Crippen LogP contribution in [-0.4, -0.2) is 34.8 Å². The van der Waals surface area contributed by atoms with Crippen LogP contribution in [0.15, 0.2) is 5.16 Å². The molecule has 0 aromatic heterocycles. The summed E-state index contributed by atoms with van der Waals surface area (Å²) in [6, 6.07) is 0. The van der Waals surface area contributed by atoms with Crippen molar-refractivity contribution < 1.29 is 10.0 Å². The average Bonchev–Trinajstić information content (AvgIpc) is 2.26. The molecule has 4 nitrogen and oxygen atoms in total. The van der Waals surface area contributed by atoms with Crippen molar-refractivity contribution in [3.05, 3.63) is 0 Å². The predicted molar refractivity (Wildman–Crippen MR) is 63.6 cm³/mol. The predicted octanol–water partition coefficient (Wildman–Crippen LogP) is 1.98. The van der Waals surface area contributed by atoms with Crippen LogP contribution in [0.2, 0.25) is 0 Å². The van der Waals surface area contributed by atoms with E-state index in [2.05, 4.69) is 19.0 Å². The van der Waals surface area contributed by atoms with Gasteiger partial charge in [0.25, 0.3) is 0 Å². The lowest BCUT2D eigenvalue weighted by atomic mass is 9.93. The lowest BCUT2D eigenvalue weighted by Crippen LogP contribution is -2.46. The van der Waals surface area contributed by atoms with Crippen LogP contribution in [0.1, 0.15) is 34.1 Å². The van der Waals surface area contributed by atoms with Gasteiger partial charge in [-0.3, -0.25) is 4.79 Å². The minimum Gasteiger partial charge on any atom is -0.411 e. The molecule has 0 radical (unpaired) electrons. The topological polar surface area (TPSA) is 52.9 Å². The number of hydrogen-bond donors (Lipinski definition) is 1. The zero-order valence-corrected chi connectivity index (χ0v) is 10.6. The summed E-state index contributed by atoms with van der Waals surface area (Å²) in [4.78, 5) is 14.0. The van der Waals surface area contributed by atoms with Crippen molar-refractivity contribution in [3.63, 3.8) is 0 Å². The van der Waals surface area contributed by atoms with E-state index in [0.29, 0.717) is 25.4 Å². The SMILES string of the molecule is CC1CN(C(=O)C(C)C(C)C)CCC1=NO. The first-order chi connectivity index (χ1) is 7.47. The third-order valence-electron chi connectivity index (χ3n) is 3.53. The van der Waals surface area contributed by atoms with Crippen molar-refractivity contribution in [1.29, 1.82) is 0 Å². The third kappa shape index (κ3) is 2.74. The highest BCUT2D eigenvalue weighted by Gasteiger charge is 2.29. The smallest absolute Gasteiger partial charge is 0.225 e. The average molecular weight is 226 g/mol. The zero-order chi connectivity index (χ0) is 12.3. The van der Waals surface area contributed by atoms with Gasteiger partial charge >= 0.3 is 0 Å². The first kappa shape index (κ1) is 13.0. The molecule has 2 unspecified atom stereocenters. The first-order valence-electron chi connectivity index (χ1n) is 5.97. The van der Waals surface area contributed by atoms with E-state index in [1.807, 2.05) is 18.7 Å². The molecule has 1 aliphatic rings. The second kappa shape index (κ2) is 5.32. The van der Waals surface area contributed by atoms with Crippen LogP contribution in [0.25, 0.3) is 0 Å². The molecule has 0 saturated carbocycles. The number of piperidine rings is 1. The molecule has 0 spiro atoms. The molecule has 0 aromatic rings. The Morgan fingerprint density at radius 1 is 1.50 bits per heavy atom. The molecule has 1 N–H and O–H groups in total. The Morgan fingerprint density at radius 3 is 2.56 bits per heavy atom. The second-order valence-electron chi connectivity index (χ2n) is 5.06. The highest BCUT2D eigenvalue weighted by atomic mass is 16.4. The Labute approximate surface area is 97.3 Å². The Morgan fingerprint density at radius 2 is 2.12 bits per heavy atom. The van der Waals surface area contributed by atoms with Gasteiger partial charge in [0.2, 0.25) is 5.91 Å². The molecule has 1 fully saturated rings. The number of hydrogen-bond acceptors (Lipinski definition) is 3. The van der Waals surface area contributed by atoms with Crippen molar-refractivity contribution in [2.75, 3.05) is 13.1 Å². The summed E-state index contributed by atoms with van der Waals surface area (Å²) in [6.07, 6.45) is 0.689. The van der Waals surface area contributed by atoms with Crippen LogP contribution in [0.4, 0.5) is 0 Å². The van der Waals surface area contributed by atoms with E-state index in [0.717, 1.165) is 5.71 Å². The fourth-order valence-corrected chi connectivity index (χ4v) is 1.95. The summed E-state index contributed by atoms with van der Waals surface area (Å²) in [7, 11) is 0. The quantitative estimate of drug-likeness (QED) is 0.578. The van der Waals surface area contributed by atoms with E-state index in [1.54, 1.807) is 0 Å². The van der Waals surface area contributed by atoms with Gasteiger partial charge in [0.05, 0.1) is 5.71 Å². The number of carbonyl (C=O) groups excluding carboxylic acids is 1. The molecule has 1 saturated heterocycles. The van der Waals surface area contributed by atoms with E-state index in [-0.39, 0.29) is 17.7 Å². The van der Waals surface area contributed by atoms with Gasteiger partial charge in [-0.1, -0.05) is 32.9 Å². The van der Waals surface area contributed by atoms with Gasteiger partial charge in [0.1, 0.15) is 0 Å². The Balaban J connectivity index is 2.61. The van der Waals surface area contributed by atoms with Gasteiger partial charge in [-0.05, 0) is 5.92 Å². The number of nitrogens with zero attached hydrogens (tertiary/aromatic N) is 2. The van der Waals surface area contributed by atoms with Gasteiger partial charge < -0.3 is 10.1 Å². The minimum atomic E-state index is 0.0693. The molecule has 2 atom stereocenters. The van der Waals surface area contributed by atoms with E-state index in [9.17, 15) is 4.79 Å². The summed E-state index contributed by atoms with van der Waals surface area (Å²) in [5, 5.41) is 12.0. The van der Waals surface area contributed by atoms with Crippen molar-refractivity contribution in [3.8, 4) is 0 Å². The van der Waals surface area contributed by atoms with E-state index < -0.39 is 0 Å². The maximum absolute atomic E-state index is 12.1. The minimum absolute atomic E-state index is 0.0693. The maximum atomic E-state index is 12.1. The number of likely N-dealkylation sites (tertiary alicyclic amines) is 1. The molecule has 1 amide bonds. The Bertz CT molecular complexity index is 287. The van der Waals surface area contributed by atoms with Gasteiger partial charge in [-0.15, -0.1) is 0 Å².